The Morgan fingerprint density at radius 1 is 1.14 bits per heavy atom. The zero-order chi connectivity index (χ0) is 15.7. The zero-order valence-electron chi connectivity index (χ0n) is 11.8. The second-order valence-electron chi connectivity index (χ2n) is 4.70. The van der Waals surface area contributed by atoms with Gasteiger partial charge in [-0.25, -0.2) is 0 Å². The van der Waals surface area contributed by atoms with Gasteiger partial charge in [-0.1, -0.05) is 18.2 Å². The third kappa shape index (κ3) is 2.14. The first-order valence-electron chi connectivity index (χ1n) is 6.58. The van der Waals surface area contributed by atoms with Crippen LogP contribution in [0.5, 0.6) is 5.75 Å². The van der Waals surface area contributed by atoms with Gasteiger partial charge in [-0.3, -0.25) is 14.5 Å². The molecule has 0 saturated heterocycles. The first kappa shape index (κ1) is 13.9. The number of nitrogens with zero attached hydrogens (tertiary/aromatic N) is 1. The van der Waals surface area contributed by atoms with Crippen molar-refractivity contribution in [2.75, 3.05) is 7.11 Å². The maximum atomic E-state index is 12.5. The number of carbonyl (C=O) groups is 2. The van der Waals surface area contributed by atoms with E-state index in [0.717, 1.165) is 4.90 Å². The monoisotopic (exact) mass is 299 g/mol. The Balaban J connectivity index is 1.98. The average molecular weight is 299 g/mol. The second kappa shape index (κ2) is 5.40. The number of ether oxygens (including phenoxy) is 1. The molecule has 0 unspecified atom stereocenters. The molecule has 112 valence electrons. The van der Waals surface area contributed by atoms with Crippen LogP contribution in [-0.4, -0.2) is 28.9 Å². The molecule has 0 spiro atoms. The molecule has 0 radical (unpaired) electrons. The Labute approximate surface area is 126 Å². The molecular weight excluding hydrogens is 286 g/mol. The van der Waals surface area contributed by atoms with Crippen LogP contribution in [0.3, 0.4) is 0 Å². The summed E-state index contributed by atoms with van der Waals surface area (Å²) in [5.41, 5.74) is 0.316. The number of amides is 2. The molecule has 1 N–H and O–H groups in total. The van der Waals surface area contributed by atoms with E-state index in [2.05, 4.69) is 0 Å². The van der Waals surface area contributed by atoms with Crippen LogP contribution >= 0.6 is 0 Å². The lowest BCUT2D eigenvalue weighted by atomic mass is 10.0. The number of methoxy groups -OCH3 is 1. The Morgan fingerprint density at radius 3 is 2.59 bits per heavy atom. The van der Waals surface area contributed by atoms with Crippen LogP contribution in [0.1, 0.15) is 11.3 Å². The van der Waals surface area contributed by atoms with Gasteiger partial charge in [0.05, 0.1) is 25.5 Å². The van der Waals surface area contributed by atoms with Crippen LogP contribution in [0.25, 0.3) is 5.57 Å². The summed E-state index contributed by atoms with van der Waals surface area (Å²) >= 11 is 0. The van der Waals surface area contributed by atoms with Crippen LogP contribution in [0, 0.1) is 0 Å². The Hall–Kier alpha value is -3.02. The number of benzene rings is 1. The molecule has 6 heteroatoms. The lowest BCUT2D eigenvalue weighted by Gasteiger charge is -2.13. The first-order valence-corrected chi connectivity index (χ1v) is 6.58. The fraction of sp³-hybridized carbons (Fsp3) is 0.125. The van der Waals surface area contributed by atoms with Crippen molar-refractivity contribution < 1.29 is 23.8 Å². The van der Waals surface area contributed by atoms with E-state index in [1.165, 1.54) is 13.4 Å². The number of aliphatic hydroxyl groups excluding tert-OH is 1. The number of hydrogen-bond acceptors (Lipinski definition) is 5. The van der Waals surface area contributed by atoms with Crippen molar-refractivity contribution in [1.82, 2.24) is 4.90 Å². The summed E-state index contributed by atoms with van der Waals surface area (Å²) in [4.78, 5) is 25.6. The minimum absolute atomic E-state index is 0.0343. The topological polar surface area (TPSA) is 80.0 Å². The van der Waals surface area contributed by atoms with Crippen molar-refractivity contribution >= 4 is 17.4 Å². The Morgan fingerprint density at radius 2 is 1.91 bits per heavy atom. The molecule has 0 bridgehead atoms. The molecule has 2 heterocycles. The molecule has 1 aliphatic rings. The molecule has 0 fully saturated rings. The normalized spacial score (nSPS) is 14.9. The van der Waals surface area contributed by atoms with Crippen LogP contribution in [-0.2, 0) is 16.1 Å². The minimum atomic E-state index is -0.748. The molecule has 0 saturated carbocycles. The highest BCUT2D eigenvalue weighted by molar-refractivity contribution is 6.35. The fourth-order valence-electron chi connectivity index (χ4n) is 2.36. The summed E-state index contributed by atoms with van der Waals surface area (Å²) in [6, 6.07) is 10.0. The van der Waals surface area contributed by atoms with Crippen molar-refractivity contribution in [3.8, 4) is 5.75 Å². The molecule has 1 aliphatic heterocycles. The van der Waals surface area contributed by atoms with Crippen molar-refractivity contribution in [1.29, 1.82) is 0 Å². The van der Waals surface area contributed by atoms with Gasteiger partial charge in [0.15, 0.2) is 5.76 Å². The van der Waals surface area contributed by atoms with E-state index >= 15 is 0 Å². The molecule has 2 aromatic rings. The molecule has 22 heavy (non-hydrogen) atoms. The van der Waals surface area contributed by atoms with E-state index in [9.17, 15) is 14.7 Å². The highest BCUT2D eigenvalue weighted by Crippen LogP contribution is 2.34. The molecule has 2 amide bonds. The standard InChI is InChI=1S/C16H13NO5/c1-21-12-7-3-2-6-11(12)13-14(18)16(20)17(15(13)19)9-10-5-4-8-22-10/h2-8,18H,9H2,1H3. The van der Waals surface area contributed by atoms with E-state index in [4.69, 9.17) is 9.15 Å². The van der Waals surface area contributed by atoms with Gasteiger partial charge in [-0.05, 0) is 18.2 Å². The van der Waals surface area contributed by atoms with E-state index in [1.54, 1.807) is 36.4 Å². The number of rotatable bonds is 4. The number of furan rings is 1. The lowest BCUT2D eigenvalue weighted by Crippen LogP contribution is -2.31. The van der Waals surface area contributed by atoms with Crippen LogP contribution < -0.4 is 4.74 Å². The van der Waals surface area contributed by atoms with Crippen molar-refractivity contribution in [2.24, 2.45) is 0 Å². The minimum Gasteiger partial charge on any atom is -0.502 e. The third-order valence-corrected chi connectivity index (χ3v) is 3.41. The Kier molecular flexibility index (Phi) is 3.42. The predicted molar refractivity (Wildman–Crippen MR) is 76.8 cm³/mol. The van der Waals surface area contributed by atoms with Gasteiger partial charge >= 0.3 is 0 Å². The number of para-hydroxylation sites is 1. The van der Waals surface area contributed by atoms with Gasteiger partial charge in [-0.15, -0.1) is 0 Å². The largest absolute Gasteiger partial charge is 0.502 e. The van der Waals surface area contributed by atoms with Crippen molar-refractivity contribution in [2.45, 2.75) is 6.54 Å². The van der Waals surface area contributed by atoms with Gasteiger partial charge in [-0.2, -0.15) is 0 Å². The smallest absolute Gasteiger partial charge is 0.296 e. The van der Waals surface area contributed by atoms with E-state index in [1.807, 2.05) is 0 Å². The average Bonchev–Trinajstić information content (AvgIpc) is 3.11. The number of carbonyl (C=O) groups excluding carboxylic acids is 2. The first-order chi connectivity index (χ1) is 10.6. The number of imide groups is 1. The van der Waals surface area contributed by atoms with Gasteiger partial charge in [0.1, 0.15) is 11.5 Å². The summed E-state index contributed by atoms with van der Waals surface area (Å²) < 4.78 is 10.3. The maximum absolute atomic E-state index is 12.5. The predicted octanol–water partition coefficient (Wildman–Crippen LogP) is 2.13. The molecular formula is C16H13NO5. The molecule has 1 aromatic carbocycles. The van der Waals surface area contributed by atoms with Gasteiger partial charge in [0.2, 0.25) is 0 Å². The van der Waals surface area contributed by atoms with Crippen LogP contribution in [0.2, 0.25) is 0 Å². The number of aliphatic hydroxyl groups is 1. The third-order valence-electron chi connectivity index (χ3n) is 3.41. The van der Waals surface area contributed by atoms with E-state index < -0.39 is 17.6 Å². The lowest BCUT2D eigenvalue weighted by molar-refractivity contribution is -0.139. The molecule has 1 aromatic heterocycles. The highest BCUT2D eigenvalue weighted by atomic mass is 16.5. The number of hydrogen-bond donors (Lipinski definition) is 1. The summed E-state index contributed by atoms with van der Waals surface area (Å²) in [5.74, 6) is -1.05. The molecule has 0 atom stereocenters. The van der Waals surface area contributed by atoms with Crippen molar-refractivity contribution in [3.05, 3.63) is 59.7 Å². The van der Waals surface area contributed by atoms with Gasteiger partial charge < -0.3 is 14.3 Å². The molecule has 6 nitrogen and oxygen atoms in total. The summed E-state index contributed by atoms with van der Waals surface area (Å²) in [7, 11) is 1.46. The SMILES string of the molecule is COc1ccccc1C1=C(O)C(=O)N(Cc2ccco2)C1=O. The summed E-state index contributed by atoms with van der Waals surface area (Å²) in [6.07, 6.45) is 1.45. The van der Waals surface area contributed by atoms with Gasteiger partial charge in [0, 0.05) is 5.56 Å². The van der Waals surface area contributed by atoms with Crippen LogP contribution in [0.4, 0.5) is 0 Å². The van der Waals surface area contributed by atoms with Crippen LogP contribution in [0.15, 0.2) is 52.8 Å². The van der Waals surface area contributed by atoms with E-state index in [-0.39, 0.29) is 12.1 Å². The molecule has 3 rings (SSSR count). The zero-order valence-corrected chi connectivity index (χ0v) is 11.8. The summed E-state index contributed by atoms with van der Waals surface area (Å²) in [6.45, 7) is -0.0343. The maximum Gasteiger partial charge on any atom is 0.296 e. The summed E-state index contributed by atoms with van der Waals surface area (Å²) in [5, 5.41) is 10.1. The fourth-order valence-corrected chi connectivity index (χ4v) is 2.36. The molecule has 0 aliphatic carbocycles. The van der Waals surface area contributed by atoms with Crippen molar-refractivity contribution in [3.63, 3.8) is 0 Å². The Bertz CT molecular complexity index is 761. The van der Waals surface area contributed by atoms with Gasteiger partial charge in [0.25, 0.3) is 11.8 Å². The second-order valence-corrected chi connectivity index (χ2v) is 4.70. The quantitative estimate of drug-likeness (QED) is 0.875. The highest BCUT2D eigenvalue weighted by Gasteiger charge is 2.40. The van der Waals surface area contributed by atoms with E-state index in [0.29, 0.717) is 17.1 Å².